The zero-order chi connectivity index (χ0) is 16.3. The van der Waals surface area contributed by atoms with E-state index in [1.165, 1.54) is 17.6 Å². The van der Waals surface area contributed by atoms with E-state index in [1.807, 2.05) is 0 Å². The van der Waals surface area contributed by atoms with E-state index >= 15 is 0 Å². The van der Waals surface area contributed by atoms with Crippen LogP contribution in [0.3, 0.4) is 0 Å². The lowest BCUT2D eigenvalue weighted by molar-refractivity contribution is -0.129. The molecule has 120 valence electrons. The molecule has 0 spiro atoms. The van der Waals surface area contributed by atoms with Crippen molar-refractivity contribution in [3.05, 3.63) is 23.5 Å². The van der Waals surface area contributed by atoms with Crippen LogP contribution in [-0.4, -0.2) is 34.4 Å². The molecule has 0 aliphatic heterocycles. The number of aromatic nitrogens is 1. The molecule has 0 bridgehead atoms. The number of hydrogen-bond acceptors (Lipinski definition) is 4. The zero-order valence-electron chi connectivity index (χ0n) is 13.2. The Morgan fingerprint density at radius 3 is 2.50 bits per heavy atom. The molecule has 0 unspecified atom stereocenters. The van der Waals surface area contributed by atoms with Gasteiger partial charge in [-0.15, -0.1) is 0 Å². The molecule has 1 aliphatic carbocycles. The molecule has 0 aromatic carbocycles. The number of nitrogens with one attached hydrogen (secondary N) is 1. The lowest BCUT2D eigenvalue weighted by atomic mass is 10.2. The summed E-state index contributed by atoms with van der Waals surface area (Å²) in [5.74, 6) is -1.01. The average molecular weight is 306 g/mol. The Kier molecular flexibility index (Phi) is 5.00. The standard InChI is InChI=1S/C16H22N2O4/c1-10(19)12-8-14(18(3)9-12)16(21)22-11(2)15(20)17-13-6-4-5-7-13/h8-9,11,13H,4-7H2,1-3H3,(H,17,20)/t11-/m1/s1. The molecule has 1 N–H and O–H groups in total. The first kappa shape index (κ1) is 16.3. The molecule has 1 heterocycles. The minimum atomic E-state index is -0.858. The second kappa shape index (κ2) is 6.77. The summed E-state index contributed by atoms with van der Waals surface area (Å²) in [5, 5.41) is 2.90. The normalized spacial score (nSPS) is 16.3. The number of hydrogen-bond donors (Lipinski definition) is 1. The summed E-state index contributed by atoms with van der Waals surface area (Å²) in [5.41, 5.74) is 0.697. The molecule has 22 heavy (non-hydrogen) atoms. The maximum Gasteiger partial charge on any atom is 0.355 e. The van der Waals surface area contributed by atoms with Crippen molar-refractivity contribution in [2.75, 3.05) is 0 Å². The van der Waals surface area contributed by atoms with Gasteiger partial charge in [-0.25, -0.2) is 4.79 Å². The quantitative estimate of drug-likeness (QED) is 0.665. The van der Waals surface area contributed by atoms with Crippen molar-refractivity contribution in [2.45, 2.75) is 51.7 Å². The van der Waals surface area contributed by atoms with E-state index in [-0.39, 0.29) is 23.4 Å². The summed E-state index contributed by atoms with van der Waals surface area (Å²) >= 11 is 0. The first-order valence-electron chi connectivity index (χ1n) is 7.57. The van der Waals surface area contributed by atoms with Crippen LogP contribution < -0.4 is 5.32 Å². The molecule has 6 heteroatoms. The molecular formula is C16H22N2O4. The molecule has 1 atom stereocenters. The van der Waals surface area contributed by atoms with E-state index in [4.69, 9.17) is 4.74 Å². The van der Waals surface area contributed by atoms with Crippen molar-refractivity contribution in [3.8, 4) is 0 Å². The third kappa shape index (κ3) is 3.75. The summed E-state index contributed by atoms with van der Waals surface area (Å²) in [4.78, 5) is 35.5. The van der Waals surface area contributed by atoms with Crippen molar-refractivity contribution in [1.82, 2.24) is 9.88 Å². The van der Waals surface area contributed by atoms with E-state index in [2.05, 4.69) is 5.32 Å². The van der Waals surface area contributed by atoms with Crippen LogP contribution in [0.5, 0.6) is 0 Å². The third-order valence-corrected chi connectivity index (χ3v) is 3.98. The van der Waals surface area contributed by atoms with Gasteiger partial charge in [0, 0.05) is 24.8 Å². The fourth-order valence-corrected chi connectivity index (χ4v) is 2.62. The Morgan fingerprint density at radius 2 is 1.95 bits per heavy atom. The largest absolute Gasteiger partial charge is 0.448 e. The fraction of sp³-hybridized carbons (Fsp3) is 0.562. The van der Waals surface area contributed by atoms with Gasteiger partial charge in [0.1, 0.15) is 5.69 Å². The number of aryl methyl sites for hydroxylation is 1. The maximum absolute atomic E-state index is 12.1. The Hall–Kier alpha value is -2.11. The molecule has 2 rings (SSSR count). The van der Waals surface area contributed by atoms with Gasteiger partial charge in [0.15, 0.2) is 11.9 Å². The first-order chi connectivity index (χ1) is 10.4. The zero-order valence-corrected chi connectivity index (χ0v) is 13.2. The van der Waals surface area contributed by atoms with Crippen LogP contribution in [0.2, 0.25) is 0 Å². The molecular weight excluding hydrogens is 284 g/mol. The lowest BCUT2D eigenvalue weighted by Gasteiger charge is -2.17. The molecule has 1 aromatic rings. The van der Waals surface area contributed by atoms with Crippen molar-refractivity contribution in [1.29, 1.82) is 0 Å². The minimum absolute atomic E-state index is 0.123. The number of nitrogens with zero attached hydrogens (tertiary/aromatic N) is 1. The SMILES string of the molecule is CC(=O)c1cc(C(=O)O[C@H](C)C(=O)NC2CCCC2)n(C)c1. The molecule has 1 amide bonds. The van der Waals surface area contributed by atoms with Crippen LogP contribution in [0.25, 0.3) is 0 Å². The van der Waals surface area contributed by atoms with Gasteiger partial charge in [0.2, 0.25) is 0 Å². The predicted molar refractivity (Wildman–Crippen MR) is 80.7 cm³/mol. The molecule has 1 fully saturated rings. The number of ketones is 1. The van der Waals surface area contributed by atoms with Crippen LogP contribution in [0, 0.1) is 0 Å². The van der Waals surface area contributed by atoms with Crippen LogP contribution in [0.15, 0.2) is 12.3 Å². The maximum atomic E-state index is 12.1. The number of esters is 1. The summed E-state index contributed by atoms with van der Waals surface area (Å²) in [6.45, 7) is 2.99. The molecule has 1 aliphatic rings. The smallest absolute Gasteiger partial charge is 0.355 e. The van der Waals surface area contributed by atoms with Gasteiger partial charge in [0.25, 0.3) is 5.91 Å². The van der Waals surface area contributed by atoms with Crippen molar-refractivity contribution in [2.24, 2.45) is 7.05 Å². The summed E-state index contributed by atoms with van der Waals surface area (Å²) < 4.78 is 6.73. The van der Waals surface area contributed by atoms with Crippen molar-refractivity contribution < 1.29 is 19.1 Å². The Labute approximate surface area is 129 Å². The van der Waals surface area contributed by atoms with Crippen LogP contribution in [-0.2, 0) is 16.6 Å². The lowest BCUT2D eigenvalue weighted by Crippen LogP contribution is -2.41. The average Bonchev–Trinajstić information content (AvgIpc) is 3.07. The Bertz CT molecular complexity index is 585. The van der Waals surface area contributed by atoms with Crippen LogP contribution >= 0.6 is 0 Å². The number of Topliss-reactive ketones (excluding diaryl/α,β-unsaturated/α-hetero) is 1. The molecule has 1 saturated carbocycles. The van der Waals surface area contributed by atoms with Gasteiger partial charge in [-0.2, -0.15) is 0 Å². The number of amides is 1. The molecule has 1 aromatic heterocycles. The van der Waals surface area contributed by atoms with Gasteiger partial charge >= 0.3 is 5.97 Å². The highest BCUT2D eigenvalue weighted by Gasteiger charge is 2.24. The number of carbonyl (C=O) groups is 3. The molecule has 6 nitrogen and oxygen atoms in total. The monoisotopic (exact) mass is 306 g/mol. The Morgan fingerprint density at radius 1 is 1.32 bits per heavy atom. The van der Waals surface area contributed by atoms with Gasteiger partial charge in [-0.05, 0) is 32.8 Å². The highest BCUT2D eigenvalue weighted by Crippen LogP contribution is 2.18. The van der Waals surface area contributed by atoms with Crippen LogP contribution in [0.4, 0.5) is 0 Å². The van der Waals surface area contributed by atoms with Gasteiger partial charge in [-0.1, -0.05) is 12.8 Å². The second-order valence-corrected chi connectivity index (χ2v) is 5.82. The van der Waals surface area contributed by atoms with Crippen LogP contribution in [0.1, 0.15) is 60.4 Å². The number of carbonyl (C=O) groups excluding carboxylic acids is 3. The summed E-state index contributed by atoms with van der Waals surface area (Å²) in [7, 11) is 1.66. The van der Waals surface area contributed by atoms with E-state index < -0.39 is 12.1 Å². The van der Waals surface area contributed by atoms with Gasteiger partial charge in [-0.3, -0.25) is 9.59 Å². The highest BCUT2D eigenvalue weighted by molar-refractivity contribution is 5.98. The van der Waals surface area contributed by atoms with Crippen molar-refractivity contribution in [3.63, 3.8) is 0 Å². The Balaban J connectivity index is 1.95. The molecule has 0 saturated heterocycles. The first-order valence-corrected chi connectivity index (χ1v) is 7.57. The second-order valence-electron chi connectivity index (χ2n) is 5.82. The highest BCUT2D eigenvalue weighted by atomic mass is 16.5. The summed E-state index contributed by atoms with van der Waals surface area (Å²) in [6.07, 6.45) is 4.91. The van der Waals surface area contributed by atoms with Gasteiger partial charge < -0.3 is 14.6 Å². The van der Waals surface area contributed by atoms with Crippen molar-refractivity contribution >= 4 is 17.7 Å². The van der Waals surface area contributed by atoms with E-state index in [0.717, 1.165) is 25.7 Å². The summed E-state index contributed by atoms with van der Waals surface area (Å²) in [6, 6.07) is 1.67. The van der Waals surface area contributed by atoms with Gasteiger partial charge in [0.05, 0.1) is 0 Å². The van der Waals surface area contributed by atoms with E-state index in [9.17, 15) is 14.4 Å². The minimum Gasteiger partial charge on any atom is -0.448 e. The number of rotatable bonds is 5. The fourth-order valence-electron chi connectivity index (χ4n) is 2.62. The number of ether oxygens (including phenoxy) is 1. The molecule has 0 radical (unpaired) electrons. The van der Waals surface area contributed by atoms with E-state index in [1.54, 1.807) is 20.2 Å². The third-order valence-electron chi connectivity index (χ3n) is 3.98. The predicted octanol–water partition coefficient (Wildman–Crippen LogP) is 1.83. The van der Waals surface area contributed by atoms with E-state index in [0.29, 0.717) is 5.56 Å². The topological polar surface area (TPSA) is 77.4 Å².